The molecule has 2 rings (SSSR count). The fraction of sp³-hybridized carbons (Fsp3) is 0.529. The summed E-state index contributed by atoms with van der Waals surface area (Å²) in [7, 11) is 0. The number of hydrogen-bond donors (Lipinski definition) is 2. The average molecular weight is 319 g/mol. The lowest BCUT2D eigenvalue weighted by Crippen LogP contribution is -2.41. The molecule has 0 unspecified atom stereocenters. The molecule has 1 aromatic carbocycles. The number of anilines is 1. The number of carbonyl (C=O) groups is 1. The highest BCUT2D eigenvalue weighted by Crippen LogP contribution is 2.16. The van der Waals surface area contributed by atoms with Gasteiger partial charge in [0.05, 0.1) is 0 Å². The lowest BCUT2D eigenvalue weighted by atomic mass is 9.96. The Kier molecular flexibility index (Phi) is 5.53. The molecule has 5 heteroatoms. The van der Waals surface area contributed by atoms with Crippen LogP contribution in [0.5, 0.6) is 0 Å². The molecule has 1 amide bonds. The lowest BCUT2D eigenvalue weighted by molar-refractivity contribution is -0.126. The molecule has 0 aromatic heterocycles. The van der Waals surface area contributed by atoms with Crippen molar-refractivity contribution in [2.45, 2.75) is 40.2 Å². The Morgan fingerprint density at radius 1 is 1.18 bits per heavy atom. The SMILES string of the molecule is CC(C)(C)C(=O)NC(=S)Nc1ccc(CN2CCCC2)cc1. The van der Waals surface area contributed by atoms with Crippen molar-refractivity contribution in [1.82, 2.24) is 10.2 Å². The number of nitrogens with zero attached hydrogens (tertiary/aromatic N) is 1. The van der Waals surface area contributed by atoms with Crippen molar-refractivity contribution < 1.29 is 4.79 Å². The van der Waals surface area contributed by atoms with E-state index >= 15 is 0 Å². The van der Waals surface area contributed by atoms with Gasteiger partial charge in [0.2, 0.25) is 5.91 Å². The fourth-order valence-electron chi connectivity index (χ4n) is 2.35. The van der Waals surface area contributed by atoms with Crippen molar-refractivity contribution in [2.24, 2.45) is 5.41 Å². The van der Waals surface area contributed by atoms with Crippen molar-refractivity contribution in [1.29, 1.82) is 0 Å². The summed E-state index contributed by atoms with van der Waals surface area (Å²) < 4.78 is 0. The predicted molar refractivity (Wildman–Crippen MR) is 94.8 cm³/mol. The van der Waals surface area contributed by atoms with Crippen molar-refractivity contribution in [3.05, 3.63) is 29.8 Å². The highest BCUT2D eigenvalue weighted by Gasteiger charge is 2.21. The Morgan fingerprint density at radius 2 is 1.77 bits per heavy atom. The minimum atomic E-state index is -0.453. The minimum Gasteiger partial charge on any atom is -0.332 e. The third kappa shape index (κ3) is 5.07. The molecule has 1 aliphatic heterocycles. The Hall–Kier alpha value is -1.46. The zero-order valence-electron chi connectivity index (χ0n) is 13.6. The summed E-state index contributed by atoms with van der Waals surface area (Å²) in [5.41, 5.74) is 1.74. The second kappa shape index (κ2) is 7.20. The van der Waals surface area contributed by atoms with Gasteiger partial charge >= 0.3 is 0 Å². The van der Waals surface area contributed by atoms with Gasteiger partial charge in [-0.05, 0) is 55.8 Å². The van der Waals surface area contributed by atoms with Crippen LogP contribution in [0.4, 0.5) is 5.69 Å². The molecule has 120 valence electrons. The third-order valence-electron chi connectivity index (χ3n) is 3.72. The summed E-state index contributed by atoms with van der Waals surface area (Å²) in [6.45, 7) is 8.98. The van der Waals surface area contributed by atoms with Crippen LogP contribution in [0.2, 0.25) is 0 Å². The van der Waals surface area contributed by atoms with E-state index in [1.807, 2.05) is 32.9 Å². The van der Waals surface area contributed by atoms with E-state index in [0.29, 0.717) is 5.11 Å². The van der Waals surface area contributed by atoms with Gasteiger partial charge in [-0.15, -0.1) is 0 Å². The minimum absolute atomic E-state index is 0.0874. The summed E-state index contributed by atoms with van der Waals surface area (Å²) in [5, 5.41) is 6.11. The summed E-state index contributed by atoms with van der Waals surface area (Å²) in [4.78, 5) is 14.3. The molecule has 0 spiro atoms. The quantitative estimate of drug-likeness (QED) is 0.840. The van der Waals surface area contributed by atoms with Crippen molar-refractivity contribution in [3.63, 3.8) is 0 Å². The highest BCUT2D eigenvalue weighted by molar-refractivity contribution is 7.80. The van der Waals surface area contributed by atoms with Gasteiger partial charge in [0.1, 0.15) is 0 Å². The first kappa shape index (κ1) is 16.9. The van der Waals surface area contributed by atoms with Crippen molar-refractivity contribution in [3.8, 4) is 0 Å². The Balaban J connectivity index is 1.85. The molecule has 1 fully saturated rings. The van der Waals surface area contributed by atoms with E-state index in [-0.39, 0.29) is 5.91 Å². The lowest BCUT2D eigenvalue weighted by Gasteiger charge is -2.19. The Bertz CT molecular complexity index is 528. The van der Waals surface area contributed by atoms with Crippen LogP contribution in [0, 0.1) is 5.41 Å². The van der Waals surface area contributed by atoms with Gasteiger partial charge in [-0.1, -0.05) is 32.9 Å². The monoisotopic (exact) mass is 319 g/mol. The van der Waals surface area contributed by atoms with Crippen LogP contribution >= 0.6 is 12.2 Å². The summed E-state index contributed by atoms with van der Waals surface area (Å²) in [5.74, 6) is -0.0874. The Labute approximate surface area is 138 Å². The van der Waals surface area contributed by atoms with Crippen molar-refractivity contribution >= 4 is 28.9 Å². The summed E-state index contributed by atoms with van der Waals surface area (Å²) in [6, 6.07) is 8.21. The largest absolute Gasteiger partial charge is 0.332 e. The average Bonchev–Trinajstić information content (AvgIpc) is 2.92. The van der Waals surface area contributed by atoms with E-state index in [9.17, 15) is 4.79 Å². The first-order valence-corrected chi connectivity index (χ1v) is 8.19. The number of carbonyl (C=O) groups excluding carboxylic acids is 1. The van der Waals surface area contributed by atoms with Gasteiger partial charge in [0.25, 0.3) is 0 Å². The molecule has 1 aromatic rings. The first-order valence-electron chi connectivity index (χ1n) is 7.78. The first-order chi connectivity index (χ1) is 10.3. The fourth-order valence-corrected chi connectivity index (χ4v) is 2.56. The van der Waals surface area contributed by atoms with Gasteiger partial charge in [-0.3, -0.25) is 9.69 Å². The number of rotatable bonds is 3. The van der Waals surface area contributed by atoms with E-state index in [2.05, 4.69) is 27.7 Å². The van der Waals surface area contributed by atoms with Crippen LogP contribution < -0.4 is 10.6 Å². The molecule has 2 N–H and O–H groups in total. The van der Waals surface area contributed by atoms with E-state index in [1.54, 1.807) is 0 Å². The topological polar surface area (TPSA) is 44.4 Å². The van der Waals surface area contributed by atoms with Gasteiger partial charge in [0, 0.05) is 17.6 Å². The van der Waals surface area contributed by atoms with E-state index in [0.717, 1.165) is 12.2 Å². The normalized spacial score (nSPS) is 15.6. The number of likely N-dealkylation sites (tertiary alicyclic amines) is 1. The molecular formula is C17H25N3OS. The van der Waals surface area contributed by atoms with E-state index in [1.165, 1.54) is 31.5 Å². The zero-order chi connectivity index (χ0) is 16.2. The van der Waals surface area contributed by atoms with Gasteiger partial charge in [-0.2, -0.15) is 0 Å². The number of nitrogens with one attached hydrogen (secondary N) is 2. The van der Waals surface area contributed by atoms with Crippen LogP contribution in [0.3, 0.4) is 0 Å². The van der Waals surface area contributed by atoms with Crippen LogP contribution in [0.15, 0.2) is 24.3 Å². The number of thiocarbonyl (C=S) groups is 1. The number of amides is 1. The second-order valence-electron chi connectivity index (χ2n) is 6.84. The number of benzene rings is 1. The molecule has 1 saturated heterocycles. The predicted octanol–water partition coefficient (Wildman–Crippen LogP) is 3.14. The maximum absolute atomic E-state index is 11.9. The van der Waals surface area contributed by atoms with Crippen molar-refractivity contribution in [2.75, 3.05) is 18.4 Å². The molecule has 0 bridgehead atoms. The molecule has 4 nitrogen and oxygen atoms in total. The molecule has 0 saturated carbocycles. The molecule has 0 radical (unpaired) electrons. The molecule has 0 aliphatic carbocycles. The Morgan fingerprint density at radius 3 is 2.32 bits per heavy atom. The van der Waals surface area contributed by atoms with Crippen LogP contribution in [0.25, 0.3) is 0 Å². The zero-order valence-corrected chi connectivity index (χ0v) is 14.4. The summed E-state index contributed by atoms with van der Waals surface area (Å²) in [6.07, 6.45) is 2.61. The molecule has 1 aliphatic rings. The molecule has 1 heterocycles. The van der Waals surface area contributed by atoms with Gasteiger partial charge in [0.15, 0.2) is 5.11 Å². The van der Waals surface area contributed by atoms with Crippen LogP contribution in [-0.2, 0) is 11.3 Å². The standard InChI is InChI=1S/C17H25N3OS/c1-17(2,3)15(21)19-16(22)18-14-8-6-13(7-9-14)12-20-10-4-5-11-20/h6-9H,4-5,10-12H2,1-3H3,(H2,18,19,21,22). The molecule has 22 heavy (non-hydrogen) atoms. The molecule has 0 atom stereocenters. The van der Waals surface area contributed by atoms with E-state index < -0.39 is 5.41 Å². The maximum Gasteiger partial charge on any atom is 0.231 e. The summed E-state index contributed by atoms with van der Waals surface area (Å²) >= 11 is 5.18. The smallest absolute Gasteiger partial charge is 0.231 e. The highest BCUT2D eigenvalue weighted by atomic mass is 32.1. The maximum atomic E-state index is 11.9. The second-order valence-corrected chi connectivity index (χ2v) is 7.25. The van der Waals surface area contributed by atoms with Gasteiger partial charge < -0.3 is 10.6 Å². The van der Waals surface area contributed by atoms with E-state index in [4.69, 9.17) is 12.2 Å². The number of hydrogen-bond acceptors (Lipinski definition) is 3. The van der Waals surface area contributed by atoms with Gasteiger partial charge in [-0.25, -0.2) is 0 Å². The third-order valence-corrected chi connectivity index (χ3v) is 3.93. The molecular weight excluding hydrogens is 294 g/mol. The van der Waals surface area contributed by atoms with Crippen LogP contribution in [-0.4, -0.2) is 29.0 Å². The van der Waals surface area contributed by atoms with Crippen LogP contribution in [0.1, 0.15) is 39.2 Å².